The summed E-state index contributed by atoms with van der Waals surface area (Å²) in [4.78, 5) is 27.7. The summed E-state index contributed by atoms with van der Waals surface area (Å²) in [7, 11) is 1.60. The van der Waals surface area contributed by atoms with Crippen LogP contribution in [0.2, 0.25) is 0 Å². The lowest BCUT2D eigenvalue weighted by Crippen LogP contribution is -3.15. The molecule has 29 heavy (non-hydrogen) atoms. The quantitative estimate of drug-likeness (QED) is 0.625. The van der Waals surface area contributed by atoms with Crippen LogP contribution in [-0.4, -0.2) is 69.7 Å². The molecule has 154 valence electrons. The van der Waals surface area contributed by atoms with Gasteiger partial charge in [0.05, 0.1) is 39.8 Å². The molecule has 1 heterocycles. The Kier molecular flexibility index (Phi) is 7.47. The molecule has 0 bridgehead atoms. The van der Waals surface area contributed by atoms with E-state index in [0.717, 1.165) is 13.1 Å². The van der Waals surface area contributed by atoms with Crippen molar-refractivity contribution in [1.29, 1.82) is 0 Å². The van der Waals surface area contributed by atoms with Gasteiger partial charge in [-0.2, -0.15) is 0 Å². The minimum Gasteiger partial charge on any atom is -0.493 e. The van der Waals surface area contributed by atoms with Gasteiger partial charge in [-0.3, -0.25) is 9.59 Å². The number of carbonyl (C=O) groups is 2. The number of methoxy groups -OCH3 is 1. The number of amides is 2. The zero-order chi connectivity index (χ0) is 20.5. The van der Waals surface area contributed by atoms with E-state index in [1.54, 1.807) is 7.11 Å². The maximum absolute atomic E-state index is 12.5. The zero-order valence-corrected chi connectivity index (χ0v) is 16.7. The predicted octanol–water partition coefficient (Wildman–Crippen LogP) is 0.231. The minimum atomic E-state index is -0.00791. The van der Waals surface area contributed by atoms with Crippen molar-refractivity contribution in [3.05, 3.63) is 60.2 Å². The summed E-state index contributed by atoms with van der Waals surface area (Å²) < 4.78 is 10.9. The monoisotopic (exact) mass is 398 g/mol. The third-order valence-electron chi connectivity index (χ3n) is 4.94. The molecule has 0 unspecified atom stereocenters. The second-order valence-corrected chi connectivity index (χ2v) is 6.93. The minimum absolute atomic E-state index is 0.00791. The highest BCUT2D eigenvalue weighted by Gasteiger charge is 2.25. The summed E-state index contributed by atoms with van der Waals surface area (Å²) >= 11 is 0. The van der Waals surface area contributed by atoms with Gasteiger partial charge < -0.3 is 24.6 Å². The number of nitrogens with one attached hydrogen (secondary N) is 2. The maximum Gasteiger partial charge on any atom is 0.275 e. The van der Waals surface area contributed by atoms with Gasteiger partial charge in [-0.05, 0) is 24.3 Å². The molecular formula is C22H28N3O4+. The molecule has 0 radical (unpaired) electrons. The van der Waals surface area contributed by atoms with Gasteiger partial charge in [0.25, 0.3) is 11.8 Å². The van der Waals surface area contributed by atoms with E-state index in [9.17, 15) is 9.59 Å². The lowest BCUT2D eigenvalue weighted by molar-refractivity contribution is -0.896. The molecule has 2 aromatic rings. The van der Waals surface area contributed by atoms with Crippen molar-refractivity contribution in [2.75, 3.05) is 53.0 Å². The van der Waals surface area contributed by atoms with Crippen molar-refractivity contribution in [2.24, 2.45) is 0 Å². The number of piperazine rings is 1. The van der Waals surface area contributed by atoms with Gasteiger partial charge in [-0.1, -0.05) is 30.3 Å². The number of ether oxygens (including phenoxy) is 2. The van der Waals surface area contributed by atoms with Gasteiger partial charge in [0, 0.05) is 5.56 Å². The van der Waals surface area contributed by atoms with Gasteiger partial charge in [0.1, 0.15) is 6.61 Å². The van der Waals surface area contributed by atoms with E-state index in [1.165, 1.54) is 4.90 Å². The number of para-hydroxylation sites is 2. The number of carbonyl (C=O) groups excluding carboxylic acids is 2. The third-order valence-corrected chi connectivity index (χ3v) is 4.94. The van der Waals surface area contributed by atoms with Crippen LogP contribution in [0.4, 0.5) is 0 Å². The lowest BCUT2D eigenvalue weighted by atomic mass is 10.2. The van der Waals surface area contributed by atoms with E-state index in [1.807, 2.05) is 59.5 Å². The lowest BCUT2D eigenvalue weighted by Gasteiger charge is -2.32. The van der Waals surface area contributed by atoms with Gasteiger partial charge in [0.2, 0.25) is 0 Å². The van der Waals surface area contributed by atoms with Crippen molar-refractivity contribution in [3.63, 3.8) is 0 Å². The van der Waals surface area contributed by atoms with Crippen LogP contribution in [0.1, 0.15) is 10.4 Å². The van der Waals surface area contributed by atoms with E-state index in [-0.39, 0.29) is 11.8 Å². The molecule has 7 heteroatoms. The molecule has 3 rings (SSSR count). The number of quaternary nitrogens is 1. The van der Waals surface area contributed by atoms with Crippen LogP contribution in [0.15, 0.2) is 54.6 Å². The Labute approximate surface area is 171 Å². The number of nitrogens with zero attached hydrogens (tertiary/aromatic N) is 1. The molecule has 2 amide bonds. The van der Waals surface area contributed by atoms with E-state index in [4.69, 9.17) is 9.47 Å². The van der Waals surface area contributed by atoms with Crippen LogP contribution in [-0.2, 0) is 4.79 Å². The standard InChI is InChI=1S/C22H27N3O4/c1-28-19-9-5-6-10-20(19)29-16-11-23-21(26)17-24-12-14-25(15-13-24)22(27)18-7-3-2-4-8-18/h2-10H,11-17H2,1H3,(H,23,26)/p+1. The van der Waals surface area contributed by atoms with Crippen molar-refractivity contribution in [1.82, 2.24) is 10.2 Å². The molecule has 0 spiro atoms. The second-order valence-electron chi connectivity index (χ2n) is 6.93. The highest BCUT2D eigenvalue weighted by atomic mass is 16.5. The molecular weight excluding hydrogens is 370 g/mol. The molecule has 0 aromatic heterocycles. The normalized spacial score (nSPS) is 14.3. The van der Waals surface area contributed by atoms with E-state index < -0.39 is 0 Å². The van der Waals surface area contributed by atoms with Crippen molar-refractivity contribution in [2.45, 2.75) is 0 Å². The molecule has 7 nitrogen and oxygen atoms in total. The average Bonchev–Trinajstić information content (AvgIpc) is 2.77. The fourth-order valence-electron chi connectivity index (χ4n) is 3.35. The van der Waals surface area contributed by atoms with Gasteiger partial charge >= 0.3 is 0 Å². The van der Waals surface area contributed by atoms with E-state index in [2.05, 4.69) is 5.32 Å². The Morgan fingerprint density at radius 1 is 1.00 bits per heavy atom. The molecule has 2 N–H and O–H groups in total. The van der Waals surface area contributed by atoms with Crippen LogP contribution in [0.5, 0.6) is 11.5 Å². The van der Waals surface area contributed by atoms with Crippen LogP contribution in [0, 0.1) is 0 Å². The topological polar surface area (TPSA) is 72.3 Å². The zero-order valence-electron chi connectivity index (χ0n) is 16.7. The second kappa shape index (κ2) is 10.5. The SMILES string of the molecule is COc1ccccc1OCCNC(=O)C[NH+]1CCN(C(=O)c2ccccc2)CC1. The summed E-state index contributed by atoms with van der Waals surface area (Å²) in [6.45, 7) is 4.07. The fourth-order valence-corrected chi connectivity index (χ4v) is 3.35. The van der Waals surface area contributed by atoms with Crippen LogP contribution in [0.3, 0.4) is 0 Å². The average molecular weight is 398 g/mol. The first kappa shape index (κ1) is 20.7. The number of benzene rings is 2. The molecule has 1 aliphatic heterocycles. The summed E-state index contributed by atoms with van der Waals surface area (Å²) in [5.74, 6) is 1.38. The Balaban J connectivity index is 1.34. The maximum atomic E-state index is 12.5. The Bertz CT molecular complexity index is 805. The predicted molar refractivity (Wildman–Crippen MR) is 109 cm³/mol. The molecule has 1 saturated heterocycles. The summed E-state index contributed by atoms with van der Waals surface area (Å²) in [5.41, 5.74) is 0.712. The molecule has 0 aliphatic carbocycles. The summed E-state index contributed by atoms with van der Waals surface area (Å²) in [6.07, 6.45) is 0. The summed E-state index contributed by atoms with van der Waals surface area (Å²) in [6, 6.07) is 16.7. The Morgan fingerprint density at radius 3 is 2.34 bits per heavy atom. The van der Waals surface area contributed by atoms with Gasteiger partial charge in [-0.15, -0.1) is 0 Å². The highest BCUT2D eigenvalue weighted by Crippen LogP contribution is 2.25. The molecule has 0 saturated carbocycles. The van der Waals surface area contributed by atoms with E-state index in [0.29, 0.717) is 49.8 Å². The number of rotatable bonds is 8. The molecule has 0 atom stereocenters. The molecule has 2 aromatic carbocycles. The van der Waals surface area contributed by atoms with Gasteiger partial charge in [-0.25, -0.2) is 0 Å². The first-order valence-electron chi connectivity index (χ1n) is 9.88. The van der Waals surface area contributed by atoms with Gasteiger partial charge in [0.15, 0.2) is 18.0 Å². The largest absolute Gasteiger partial charge is 0.493 e. The van der Waals surface area contributed by atoms with Crippen LogP contribution >= 0.6 is 0 Å². The molecule has 1 aliphatic rings. The highest BCUT2D eigenvalue weighted by molar-refractivity contribution is 5.94. The fraction of sp³-hybridized carbons (Fsp3) is 0.364. The number of hydrogen-bond donors (Lipinski definition) is 2. The van der Waals surface area contributed by atoms with Crippen molar-refractivity contribution < 1.29 is 24.0 Å². The Hall–Kier alpha value is -3.06. The third kappa shape index (κ3) is 5.96. The van der Waals surface area contributed by atoms with Crippen LogP contribution in [0.25, 0.3) is 0 Å². The number of hydrogen-bond acceptors (Lipinski definition) is 4. The first-order chi connectivity index (χ1) is 14.2. The Morgan fingerprint density at radius 2 is 1.66 bits per heavy atom. The van der Waals surface area contributed by atoms with Crippen LogP contribution < -0.4 is 19.7 Å². The first-order valence-corrected chi connectivity index (χ1v) is 9.88. The van der Waals surface area contributed by atoms with Crippen molar-refractivity contribution >= 4 is 11.8 Å². The van der Waals surface area contributed by atoms with Crippen molar-refractivity contribution in [3.8, 4) is 11.5 Å². The molecule has 1 fully saturated rings. The van der Waals surface area contributed by atoms with E-state index >= 15 is 0 Å². The smallest absolute Gasteiger partial charge is 0.275 e. The summed E-state index contributed by atoms with van der Waals surface area (Å²) in [5, 5.41) is 2.89.